The minimum atomic E-state index is 0.00222. The van der Waals surface area contributed by atoms with Crippen LogP contribution in [-0.2, 0) is 0 Å². The topological polar surface area (TPSA) is 24.7 Å². The first-order valence-electron chi connectivity index (χ1n) is 5.65. The number of fused-ring (bicyclic) bond motifs is 1. The maximum absolute atomic E-state index is 4.37. The van der Waals surface area contributed by atoms with Crippen LogP contribution in [0.3, 0.4) is 0 Å². The highest BCUT2D eigenvalue weighted by Crippen LogP contribution is 2.31. The molecule has 1 aliphatic heterocycles. The summed E-state index contributed by atoms with van der Waals surface area (Å²) in [6.07, 6.45) is 3.75. The summed E-state index contributed by atoms with van der Waals surface area (Å²) in [7, 11) is 0. The monoisotopic (exact) mass is 220 g/mol. The predicted octanol–water partition coefficient (Wildman–Crippen LogP) is 4.21. The minimum absolute atomic E-state index is 0.00222. The molecule has 0 aliphatic carbocycles. The van der Waals surface area contributed by atoms with E-state index in [0.29, 0.717) is 0 Å². The van der Waals surface area contributed by atoms with Crippen LogP contribution in [-0.4, -0.2) is 0 Å². The van der Waals surface area contributed by atoms with Gasteiger partial charge in [0, 0.05) is 6.20 Å². The molecule has 1 heterocycles. The molecule has 0 aromatic heterocycles. The van der Waals surface area contributed by atoms with Gasteiger partial charge in [-0.2, -0.15) is 10.2 Å². The van der Waals surface area contributed by atoms with E-state index in [9.17, 15) is 0 Å². The van der Waals surface area contributed by atoms with Gasteiger partial charge in [0.25, 0.3) is 0 Å². The minimum Gasteiger partial charge on any atom is -0.176 e. The van der Waals surface area contributed by atoms with Crippen LogP contribution < -0.4 is 0 Å². The van der Waals surface area contributed by atoms with Crippen LogP contribution in [0.2, 0.25) is 0 Å². The fraction of sp³-hybridized carbons (Fsp3) is 0.0667. The quantitative estimate of drug-likeness (QED) is 0.687. The zero-order chi connectivity index (χ0) is 11.5. The van der Waals surface area contributed by atoms with Crippen molar-refractivity contribution in [1.82, 2.24) is 0 Å². The Balaban J connectivity index is 2.14. The summed E-state index contributed by atoms with van der Waals surface area (Å²) in [5.74, 6) is 0. The number of hydrogen-bond acceptors (Lipinski definition) is 2. The van der Waals surface area contributed by atoms with E-state index in [0.717, 1.165) is 0 Å². The number of hydrogen-bond donors (Lipinski definition) is 0. The summed E-state index contributed by atoms with van der Waals surface area (Å²) in [4.78, 5) is 0. The molecule has 17 heavy (non-hydrogen) atoms. The molecule has 2 heteroatoms. The lowest BCUT2D eigenvalue weighted by Crippen LogP contribution is -1.98. The third kappa shape index (κ3) is 1.89. The van der Waals surface area contributed by atoms with Gasteiger partial charge in [-0.1, -0.05) is 54.6 Å². The van der Waals surface area contributed by atoms with E-state index < -0.39 is 0 Å². The molecule has 0 spiro atoms. The fourth-order valence-corrected chi connectivity index (χ4v) is 2.07. The number of benzene rings is 2. The molecule has 1 aliphatic rings. The van der Waals surface area contributed by atoms with Crippen molar-refractivity contribution in [3.8, 4) is 0 Å². The van der Waals surface area contributed by atoms with Crippen LogP contribution in [0.15, 0.2) is 71.0 Å². The first kappa shape index (κ1) is 9.97. The lowest BCUT2D eigenvalue weighted by atomic mass is 9.95. The van der Waals surface area contributed by atoms with E-state index in [-0.39, 0.29) is 6.04 Å². The summed E-state index contributed by atoms with van der Waals surface area (Å²) < 4.78 is 0. The van der Waals surface area contributed by atoms with E-state index >= 15 is 0 Å². The van der Waals surface area contributed by atoms with E-state index in [1.807, 2.05) is 36.4 Å². The summed E-state index contributed by atoms with van der Waals surface area (Å²) in [5.41, 5.74) is 3.56. The molecule has 2 nitrogen and oxygen atoms in total. The molecule has 1 unspecified atom stereocenters. The maximum atomic E-state index is 4.37. The van der Waals surface area contributed by atoms with Gasteiger partial charge < -0.3 is 0 Å². The third-order valence-electron chi connectivity index (χ3n) is 2.91. The van der Waals surface area contributed by atoms with Crippen molar-refractivity contribution in [3.05, 3.63) is 77.5 Å². The van der Waals surface area contributed by atoms with Gasteiger partial charge in [-0.15, -0.1) is 0 Å². The zero-order valence-corrected chi connectivity index (χ0v) is 9.32. The molecule has 82 valence electrons. The van der Waals surface area contributed by atoms with Crippen molar-refractivity contribution in [2.75, 3.05) is 0 Å². The molecule has 2 aromatic rings. The van der Waals surface area contributed by atoms with Crippen LogP contribution in [0, 0.1) is 0 Å². The van der Waals surface area contributed by atoms with Crippen LogP contribution >= 0.6 is 0 Å². The highest BCUT2D eigenvalue weighted by Gasteiger charge is 2.16. The Morgan fingerprint density at radius 1 is 0.824 bits per heavy atom. The average Bonchev–Trinajstić information content (AvgIpc) is 2.62. The van der Waals surface area contributed by atoms with Gasteiger partial charge in [-0.25, -0.2) is 0 Å². The van der Waals surface area contributed by atoms with Gasteiger partial charge in [0.1, 0.15) is 6.04 Å². The van der Waals surface area contributed by atoms with Crippen LogP contribution in [0.1, 0.15) is 22.7 Å². The molecule has 1 atom stereocenters. The third-order valence-corrected chi connectivity index (χ3v) is 2.91. The van der Waals surface area contributed by atoms with E-state index in [1.54, 1.807) is 6.20 Å². The Morgan fingerprint density at radius 3 is 2.47 bits per heavy atom. The fourth-order valence-electron chi connectivity index (χ4n) is 2.07. The summed E-state index contributed by atoms with van der Waals surface area (Å²) in [6.45, 7) is 0. The molecule has 0 saturated carbocycles. The van der Waals surface area contributed by atoms with Crippen molar-refractivity contribution in [2.24, 2.45) is 10.2 Å². The Morgan fingerprint density at radius 2 is 1.59 bits per heavy atom. The number of azo groups is 1. The number of nitrogens with zero attached hydrogens (tertiary/aromatic N) is 2. The largest absolute Gasteiger partial charge is 0.176 e. The molecule has 2 aromatic carbocycles. The molecule has 0 saturated heterocycles. The molecular formula is C15H12N2. The average molecular weight is 220 g/mol. The highest BCUT2D eigenvalue weighted by atomic mass is 15.1. The highest BCUT2D eigenvalue weighted by molar-refractivity contribution is 5.56. The Labute approximate surface area is 100 Å². The van der Waals surface area contributed by atoms with Crippen molar-refractivity contribution in [3.63, 3.8) is 0 Å². The van der Waals surface area contributed by atoms with Crippen molar-refractivity contribution < 1.29 is 0 Å². The van der Waals surface area contributed by atoms with Gasteiger partial charge in [0.2, 0.25) is 0 Å². The SMILES string of the molecule is C1=Cc2ccccc2C(c2ccccc2)N=N1. The number of rotatable bonds is 1. The summed E-state index contributed by atoms with van der Waals surface area (Å²) in [5, 5.41) is 8.46. The first-order valence-corrected chi connectivity index (χ1v) is 5.65. The van der Waals surface area contributed by atoms with Gasteiger partial charge >= 0.3 is 0 Å². The predicted molar refractivity (Wildman–Crippen MR) is 68.6 cm³/mol. The first-order chi connectivity index (χ1) is 8.45. The lowest BCUT2D eigenvalue weighted by molar-refractivity contribution is 0.811. The molecule has 0 N–H and O–H groups in total. The van der Waals surface area contributed by atoms with Crippen LogP contribution in [0.5, 0.6) is 0 Å². The molecule has 0 amide bonds. The van der Waals surface area contributed by atoms with Gasteiger partial charge in [-0.05, 0) is 22.8 Å². The molecular weight excluding hydrogens is 208 g/mol. The second kappa shape index (κ2) is 4.34. The Bertz CT molecular complexity index is 570. The van der Waals surface area contributed by atoms with Crippen LogP contribution in [0.25, 0.3) is 6.08 Å². The maximum Gasteiger partial charge on any atom is 0.122 e. The van der Waals surface area contributed by atoms with E-state index in [4.69, 9.17) is 0 Å². The van der Waals surface area contributed by atoms with Crippen molar-refractivity contribution >= 4 is 6.08 Å². The second-order valence-corrected chi connectivity index (χ2v) is 3.99. The van der Waals surface area contributed by atoms with Crippen LogP contribution in [0.4, 0.5) is 0 Å². The smallest absolute Gasteiger partial charge is 0.122 e. The standard InChI is InChI=1S/C15H12N2/c1-2-7-13(8-3-1)15-14-9-5-4-6-12(14)10-11-16-17-15/h1-11,15H. The van der Waals surface area contributed by atoms with E-state index in [1.165, 1.54) is 16.7 Å². The molecule has 3 rings (SSSR count). The van der Waals surface area contributed by atoms with Gasteiger partial charge in [0.05, 0.1) is 0 Å². The Kier molecular flexibility index (Phi) is 2.54. The zero-order valence-electron chi connectivity index (χ0n) is 9.32. The van der Waals surface area contributed by atoms with Crippen molar-refractivity contribution in [1.29, 1.82) is 0 Å². The molecule has 0 fully saturated rings. The summed E-state index contributed by atoms with van der Waals surface area (Å²) >= 11 is 0. The van der Waals surface area contributed by atoms with Gasteiger partial charge in [-0.3, -0.25) is 0 Å². The van der Waals surface area contributed by atoms with Gasteiger partial charge in [0.15, 0.2) is 0 Å². The Hall–Kier alpha value is -2.22. The lowest BCUT2D eigenvalue weighted by Gasteiger charge is -2.13. The second-order valence-electron chi connectivity index (χ2n) is 3.99. The molecule has 0 bridgehead atoms. The molecule has 0 radical (unpaired) electrons. The normalized spacial score (nSPS) is 17.5. The van der Waals surface area contributed by atoms with E-state index in [2.05, 4.69) is 34.5 Å². The van der Waals surface area contributed by atoms with Crippen molar-refractivity contribution in [2.45, 2.75) is 6.04 Å². The summed E-state index contributed by atoms with van der Waals surface area (Å²) in [6, 6.07) is 18.6.